The Kier molecular flexibility index (Phi) is 29.4. The van der Waals surface area contributed by atoms with Gasteiger partial charge in [0.2, 0.25) is 0 Å². The minimum atomic E-state index is -4.04. The molecule has 0 bridgehead atoms. The normalized spacial score (nSPS) is 5.25. The van der Waals surface area contributed by atoms with Gasteiger partial charge in [0.1, 0.15) is 0 Å². The molecule has 2 nitrogen and oxygen atoms in total. The van der Waals surface area contributed by atoms with Crippen LogP contribution >= 0.6 is 26.6 Å². The molecule has 0 aliphatic carbocycles. The average molecular weight is 756 g/mol. The first kappa shape index (κ1) is 22.5. The van der Waals surface area contributed by atoms with Crippen LogP contribution in [0.1, 0.15) is 0 Å². The van der Waals surface area contributed by atoms with Crippen molar-refractivity contribution in [1.29, 1.82) is 0 Å². The van der Waals surface area contributed by atoms with Crippen LogP contribution in [0.2, 0.25) is 0 Å². The molecule has 0 heterocycles. The summed E-state index contributed by atoms with van der Waals surface area (Å²) in [4.78, 5) is 0. The van der Waals surface area contributed by atoms with E-state index in [1.54, 1.807) is 0 Å². The van der Waals surface area contributed by atoms with Crippen molar-refractivity contribution in [3.8, 4) is 0 Å². The van der Waals surface area contributed by atoms with E-state index in [4.69, 9.17) is 0 Å². The van der Waals surface area contributed by atoms with Gasteiger partial charge in [-0.25, -0.2) is 0 Å². The molecule has 0 atom stereocenters. The van der Waals surface area contributed by atoms with Crippen LogP contribution in [0.25, 0.3) is 0 Å². The monoisotopic (exact) mass is 754 g/mol. The number of hydrogen-bond donors (Lipinski definition) is 0. The molecule has 0 N–H and O–H groups in total. The molecule has 8 heteroatoms. The van der Waals surface area contributed by atoms with Gasteiger partial charge in [0.05, 0.1) is 0 Å². The first-order chi connectivity index (χ1) is 2.00. The zero-order chi connectivity index (χ0) is 4.50. The summed E-state index contributed by atoms with van der Waals surface area (Å²) in [6.07, 6.45) is 0. The van der Waals surface area contributed by atoms with Gasteiger partial charge >= 0.3 is 45.3 Å². The predicted molar refractivity (Wildman–Crippen MR) is 19.2 cm³/mol. The quantitative estimate of drug-likeness (QED) is 0.231. The van der Waals surface area contributed by atoms with Gasteiger partial charge in [-0.3, -0.25) is 0 Å². The third-order valence-electron chi connectivity index (χ3n) is 0. The van der Waals surface area contributed by atoms with Crippen molar-refractivity contribution in [1.82, 2.24) is 0 Å². The van der Waals surface area contributed by atoms with Crippen molar-refractivity contribution in [3.05, 3.63) is 0 Å². The second-order valence-electron chi connectivity index (χ2n) is 0.378. The van der Waals surface area contributed by atoms with Gasteiger partial charge < -0.3 is 71.9 Å². The standard InChI is InChI=1S/2BrH.3HI.2O.W/h5*1H;;;/q;;;;;;;+5/p-5. The van der Waals surface area contributed by atoms with Crippen LogP contribution in [0, 0.1) is 0 Å². The van der Waals surface area contributed by atoms with E-state index in [1.807, 2.05) is 0 Å². The van der Waals surface area contributed by atoms with Crippen molar-refractivity contribution in [2.75, 3.05) is 0 Å². The fraction of sp³-hybridized carbons (Fsp3) is 0. The van der Waals surface area contributed by atoms with Crippen LogP contribution in [0.5, 0.6) is 0 Å². The third kappa shape index (κ3) is 56.8. The second-order valence-corrected chi connectivity index (χ2v) is 24.2. The van der Waals surface area contributed by atoms with Crippen molar-refractivity contribution in [3.63, 3.8) is 0 Å². The molecule has 0 aromatic heterocycles. The van der Waals surface area contributed by atoms with E-state index >= 15 is 0 Å². The maximum atomic E-state index is 9.59. The number of rotatable bonds is 0. The van der Waals surface area contributed by atoms with Gasteiger partial charge in [0.25, 0.3) is 0 Å². The summed E-state index contributed by atoms with van der Waals surface area (Å²) >= 11 is 0.736. The molecule has 0 fully saturated rings. The van der Waals surface area contributed by atoms with Crippen LogP contribution < -0.4 is 71.9 Å². The van der Waals surface area contributed by atoms with Crippen molar-refractivity contribution in [2.45, 2.75) is 0 Å². The van der Waals surface area contributed by atoms with Gasteiger partial charge in [-0.05, 0) is 0 Å². The Morgan fingerprint density at radius 3 is 0.875 bits per heavy atom. The Hall–Kier alpha value is 3.44. The van der Waals surface area contributed by atoms with Crippen molar-refractivity contribution < 1.29 is 90.6 Å². The minimum absolute atomic E-state index is 0. The summed E-state index contributed by atoms with van der Waals surface area (Å²) < 4.78 is 19.2. The summed E-state index contributed by atoms with van der Waals surface area (Å²) in [5, 5.41) is 0. The van der Waals surface area contributed by atoms with Crippen LogP contribution in [0.15, 0.2) is 0 Å². The number of halogens is 5. The Morgan fingerprint density at radius 1 is 0.875 bits per heavy atom. The zero-order valence-electron chi connectivity index (χ0n) is 3.11. The molecule has 0 amide bonds. The number of hydrogen-bond acceptors (Lipinski definition) is 2. The Morgan fingerprint density at radius 2 is 0.875 bits per heavy atom. The Bertz CT molecular complexity index is 98.5. The molecule has 0 spiro atoms. The molecule has 0 aliphatic heterocycles. The SMILES string of the molecule is [I-].[I-].[I-].[O]=[W+3](=[O])([Br])[Br]. The fourth-order valence-corrected chi connectivity index (χ4v) is 0. The van der Waals surface area contributed by atoms with E-state index in [-0.39, 0.29) is 71.9 Å². The molecule has 0 radical (unpaired) electrons. The van der Waals surface area contributed by atoms with Gasteiger partial charge in [-0.2, -0.15) is 0 Å². The first-order valence-corrected chi connectivity index (χ1v) is 15.9. The molecule has 53 valence electrons. The van der Waals surface area contributed by atoms with Gasteiger partial charge in [0.15, 0.2) is 0 Å². The fourth-order valence-electron chi connectivity index (χ4n) is 0. The summed E-state index contributed by atoms with van der Waals surface area (Å²) in [5.41, 5.74) is 0. The molecule has 0 aromatic carbocycles. The Labute approximate surface area is 114 Å². The molecular formula is Br2I3O2W. The van der Waals surface area contributed by atoms with Crippen molar-refractivity contribution in [2.24, 2.45) is 0 Å². The third-order valence-corrected chi connectivity index (χ3v) is 0. The molecule has 8 heavy (non-hydrogen) atoms. The molecule has 0 unspecified atom stereocenters. The van der Waals surface area contributed by atoms with Crippen LogP contribution in [-0.2, 0) is 18.7 Å². The average Bonchev–Trinajstić information content (AvgIpc) is 0.722. The topological polar surface area (TPSA) is 34.1 Å². The second kappa shape index (κ2) is 10.4. The van der Waals surface area contributed by atoms with Crippen LogP contribution in [-0.4, -0.2) is 0 Å². The van der Waals surface area contributed by atoms with E-state index in [9.17, 15) is 6.80 Å². The molecule has 0 saturated carbocycles. The molecule has 0 aliphatic rings. The molecule has 0 saturated heterocycles. The zero-order valence-corrected chi connectivity index (χ0v) is 15.7. The van der Waals surface area contributed by atoms with Gasteiger partial charge in [-0.1, -0.05) is 0 Å². The van der Waals surface area contributed by atoms with Crippen molar-refractivity contribution >= 4 is 26.6 Å². The molecule has 0 aromatic rings. The van der Waals surface area contributed by atoms with Crippen LogP contribution in [0.4, 0.5) is 0 Å². The molecule has 0 rings (SSSR count). The predicted octanol–water partition coefficient (Wildman–Crippen LogP) is -7.54. The van der Waals surface area contributed by atoms with E-state index in [0.717, 1.165) is 0 Å². The van der Waals surface area contributed by atoms with Gasteiger partial charge in [-0.15, -0.1) is 0 Å². The van der Waals surface area contributed by atoms with E-state index in [1.165, 1.54) is 0 Å². The van der Waals surface area contributed by atoms with Crippen LogP contribution in [0.3, 0.4) is 0 Å². The summed E-state index contributed by atoms with van der Waals surface area (Å²) in [7, 11) is 0. The molecular weight excluding hydrogens is 756 g/mol. The van der Waals surface area contributed by atoms with E-state index in [2.05, 4.69) is 26.6 Å². The van der Waals surface area contributed by atoms with E-state index < -0.39 is 11.9 Å². The summed E-state index contributed by atoms with van der Waals surface area (Å²) in [6, 6.07) is 0. The van der Waals surface area contributed by atoms with E-state index in [0.29, 0.717) is 0 Å². The first-order valence-electron chi connectivity index (χ1n) is 0.642. The maximum absolute atomic E-state index is 9.59. The van der Waals surface area contributed by atoms with Gasteiger partial charge in [0, 0.05) is 0 Å². The summed E-state index contributed by atoms with van der Waals surface area (Å²) in [5.74, 6) is 0. The Balaban J connectivity index is -0.0000000267. The summed E-state index contributed by atoms with van der Waals surface area (Å²) in [6.45, 7) is 0.